The number of esters is 1. The van der Waals surface area contributed by atoms with Crippen molar-refractivity contribution in [1.82, 2.24) is 9.55 Å². The third kappa shape index (κ3) is 2.07. The molecular weight excluding hydrogens is 256 g/mol. The first-order chi connectivity index (χ1) is 9.66. The molecule has 1 aromatic carbocycles. The highest BCUT2D eigenvalue weighted by atomic mass is 16.5. The van der Waals surface area contributed by atoms with Crippen LogP contribution >= 0.6 is 0 Å². The van der Waals surface area contributed by atoms with Gasteiger partial charge in [0.2, 0.25) is 0 Å². The molecule has 0 aliphatic heterocycles. The number of aromatic nitrogens is 2. The van der Waals surface area contributed by atoms with Crippen LogP contribution in [0.1, 0.15) is 29.2 Å². The average molecular weight is 270 g/mol. The number of hydrogen-bond donors (Lipinski definition) is 0. The molecule has 5 heteroatoms. The zero-order valence-electron chi connectivity index (χ0n) is 11.2. The van der Waals surface area contributed by atoms with Crippen LogP contribution < -0.4 is 0 Å². The van der Waals surface area contributed by atoms with Crippen molar-refractivity contribution in [2.45, 2.75) is 13.0 Å². The molecule has 0 aliphatic rings. The number of ether oxygens (including phenoxy) is 1. The van der Waals surface area contributed by atoms with Crippen molar-refractivity contribution >= 4 is 17.0 Å². The molecule has 0 amide bonds. The zero-order chi connectivity index (χ0) is 14.1. The molecule has 0 spiro atoms. The Morgan fingerprint density at radius 1 is 1.35 bits per heavy atom. The van der Waals surface area contributed by atoms with Gasteiger partial charge in [0.1, 0.15) is 6.26 Å². The minimum atomic E-state index is -0.435. The lowest BCUT2D eigenvalue weighted by Gasteiger charge is -2.12. The molecule has 0 bridgehead atoms. The van der Waals surface area contributed by atoms with Gasteiger partial charge in [-0.2, -0.15) is 0 Å². The summed E-state index contributed by atoms with van der Waals surface area (Å²) in [5.41, 5.74) is 2.29. The first kappa shape index (κ1) is 12.5. The molecule has 1 unspecified atom stereocenters. The Labute approximate surface area is 115 Å². The third-order valence-corrected chi connectivity index (χ3v) is 3.23. The first-order valence-electron chi connectivity index (χ1n) is 6.31. The quantitative estimate of drug-likeness (QED) is 0.686. The van der Waals surface area contributed by atoms with Gasteiger partial charge in [-0.25, -0.2) is 9.78 Å². The highest BCUT2D eigenvalue weighted by molar-refractivity contribution is 5.89. The molecule has 3 rings (SSSR count). The second kappa shape index (κ2) is 4.85. The number of para-hydroxylation sites is 2. The number of fused-ring (bicyclic) bond motifs is 1. The van der Waals surface area contributed by atoms with E-state index in [2.05, 4.69) is 4.98 Å². The van der Waals surface area contributed by atoms with E-state index in [-0.39, 0.29) is 0 Å². The van der Waals surface area contributed by atoms with Gasteiger partial charge in [0.25, 0.3) is 0 Å². The minimum absolute atomic E-state index is 0.399. The summed E-state index contributed by atoms with van der Waals surface area (Å²) in [5, 5.41) is 0. The fourth-order valence-electron chi connectivity index (χ4n) is 2.19. The third-order valence-electron chi connectivity index (χ3n) is 3.23. The van der Waals surface area contributed by atoms with E-state index < -0.39 is 12.1 Å². The summed E-state index contributed by atoms with van der Waals surface area (Å²) in [5.74, 6) is 0.293. The Bertz CT molecular complexity index is 744. The maximum Gasteiger partial charge on any atom is 0.342 e. The highest BCUT2D eigenvalue weighted by Gasteiger charge is 2.19. The van der Waals surface area contributed by atoms with Crippen molar-refractivity contribution in [3.63, 3.8) is 0 Å². The largest absolute Gasteiger partial charge is 0.472 e. The summed E-state index contributed by atoms with van der Waals surface area (Å²) in [6, 6.07) is 9.38. The van der Waals surface area contributed by atoms with Gasteiger partial charge < -0.3 is 13.7 Å². The van der Waals surface area contributed by atoms with E-state index in [0.717, 1.165) is 11.0 Å². The van der Waals surface area contributed by atoms with Crippen LogP contribution in [0.15, 0.2) is 47.3 Å². The predicted molar refractivity (Wildman–Crippen MR) is 73.3 cm³/mol. The number of nitrogens with zero attached hydrogens (tertiary/aromatic N) is 2. The van der Waals surface area contributed by atoms with Crippen LogP contribution in [0, 0.1) is 0 Å². The summed E-state index contributed by atoms with van der Waals surface area (Å²) in [7, 11) is 1.91. The molecule has 2 heterocycles. The number of imidazole rings is 1. The fraction of sp³-hybridized carbons (Fsp3) is 0.200. The fourth-order valence-corrected chi connectivity index (χ4v) is 2.19. The molecule has 0 saturated carbocycles. The molecule has 20 heavy (non-hydrogen) atoms. The van der Waals surface area contributed by atoms with Gasteiger partial charge in [-0.05, 0) is 25.1 Å². The van der Waals surface area contributed by atoms with Crippen LogP contribution in [0.3, 0.4) is 0 Å². The van der Waals surface area contributed by atoms with Gasteiger partial charge in [0.15, 0.2) is 11.9 Å². The molecular formula is C15H14N2O3. The number of rotatable bonds is 3. The lowest BCUT2D eigenvalue weighted by molar-refractivity contribution is 0.0314. The number of carbonyl (C=O) groups is 1. The molecule has 5 nitrogen and oxygen atoms in total. The van der Waals surface area contributed by atoms with Gasteiger partial charge in [0, 0.05) is 7.05 Å². The van der Waals surface area contributed by atoms with Crippen LogP contribution in [0.25, 0.3) is 11.0 Å². The van der Waals surface area contributed by atoms with Crippen molar-refractivity contribution in [1.29, 1.82) is 0 Å². The number of hydrogen-bond acceptors (Lipinski definition) is 4. The van der Waals surface area contributed by atoms with E-state index in [0.29, 0.717) is 11.4 Å². The van der Waals surface area contributed by atoms with Gasteiger partial charge in [-0.3, -0.25) is 0 Å². The lowest BCUT2D eigenvalue weighted by atomic mass is 10.3. The van der Waals surface area contributed by atoms with Crippen molar-refractivity contribution < 1.29 is 13.9 Å². The first-order valence-corrected chi connectivity index (χ1v) is 6.31. The van der Waals surface area contributed by atoms with E-state index in [1.807, 2.05) is 35.9 Å². The second-order valence-corrected chi connectivity index (χ2v) is 4.58. The average Bonchev–Trinajstić information content (AvgIpc) is 3.07. The van der Waals surface area contributed by atoms with E-state index in [4.69, 9.17) is 9.15 Å². The van der Waals surface area contributed by atoms with E-state index >= 15 is 0 Å². The summed E-state index contributed by atoms with van der Waals surface area (Å²) < 4.78 is 12.2. The van der Waals surface area contributed by atoms with Crippen molar-refractivity contribution in [2.75, 3.05) is 0 Å². The maximum atomic E-state index is 11.9. The molecule has 0 saturated heterocycles. The Morgan fingerprint density at radius 3 is 2.85 bits per heavy atom. The van der Waals surface area contributed by atoms with Crippen molar-refractivity contribution in [3.05, 3.63) is 54.2 Å². The summed E-state index contributed by atoms with van der Waals surface area (Å²) >= 11 is 0. The summed E-state index contributed by atoms with van der Waals surface area (Å²) in [6.45, 7) is 1.80. The second-order valence-electron chi connectivity index (χ2n) is 4.58. The molecule has 0 N–H and O–H groups in total. The number of furan rings is 1. The Morgan fingerprint density at radius 2 is 2.15 bits per heavy atom. The van der Waals surface area contributed by atoms with Crippen LogP contribution in [0.2, 0.25) is 0 Å². The van der Waals surface area contributed by atoms with Gasteiger partial charge in [0.05, 0.1) is 22.9 Å². The summed E-state index contributed by atoms with van der Waals surface area (Å²) in [4.78, 5) is 16.4. The maximum absolute atomic E-state index is 11.9. The molecule has 1 atom stereocenters. The molecule has 2 aromatic heterocycles. The van der Waals surface area contributed by atoms with Crippen LogP contribution in [0.5, 0.6) is 0 Å². The molecule has 0 radical (unpaired) electrons. The Balaban J connectivity index is 1.87. The smallest absolute Gasteiger partial charge is 0.342 e. The molecule has 3 aromatic rings. The number of aryl methyl sites for hydroxylation is 1. The van der Waals surface area contributed by atoms with Gasteiger partial charge in [-0.1, -0.05) is 12.1 Å². The van der Waals surface area contributed by atoms with Gasteiger partial charge in [-0.15, -0.1) is 0 Å². The predicted octanol–water partition coefficient (Wildman–Crippen LogP) is 3.08. The molecule has 0 aliphatic carbocycles. The lowest BCUT2D eigenvalue weighted by Crippen LogP contribution is -2.12. The van der Waals surface area contributed by atoms with Gasteiger partial charge >= 0.3 is 5.97 Å². The normalized spacial score (nSPS) is 12.5. The van der Waals surface area contributed by atoms with E-state index in [1.165, 1.54) is 12.5 Å². The Hall–Kier alpha value is -2.56. The van der Waals surface area contributed by atoms with Crippen molar-refractivity contribution in [3.8, 4) is 0 Å². The van der Waals surface area contributed by atoms with Crippen molar-refractivity contribution in [2.24, 2.45) is 7.05 Å². The monoisotopic (exact) mass is 270 g/mol. The molecule has 0 fully saturated rings. The topological polar surface area (TPSA) is 57.3 Å². The van der Waals surface area contributed by atoms with Crippen LogP contribution in [-0.2, 0) is 11.8 Å². The number of benzene rings is 1. The number of carbonyl (C=O) groups excluding carboxylic acids is 1. The zero-order valence-corrected chi connectivity index (χ0v) is 11.2. The molecule has 102 valence electrons. The SMILES string of the molecule is CC(OC(=O)c1ccoc1)c1nc2ccccc2n1C. The highest BCUT2D eigenvalue weighted by Crippen LogP contribution is 2.22. The van der Waals surface area contributed by atoms with Crippen LogP contribution in [0.4, 0.5) is 0 Å². The van der Waals surface area contributed by atoms with E-state index in [9.17, 15) is 4.79 Å². The standard InChI is InChI=1S/C15H14N2O3/c1-10(20-15(18)11-7-8-19-9-11)14-16-12-5-3-4-6-13(12)17(14)2/h3-10H,1-2H3. The summed E-state index contributed by atoms with van der Waals surface area (Å²) in [6.07, 6.45) is 2.37. The van der Waals surface area contributed by atoms with E-state index in [1.54, 1.807) is 13.0 Å². The van der Waals surface area contributed by atoms with Crippen LogP contribution in [-0.4, -0.2) is 15.5 Å². The Kier molecular flexibility index (Phi) is 3.02. The minimum Gasteiger partial charge on any atom is -0.472 e.